The van der Waals surface area contributed by atoms with Crippen LogP contribution in [0.15, 0.2) is 18.3 Å². The maximum absolute atomic E-state index is 9.10. The molecule has 0 aliphatic carbocycles. The lowest BCUT2D eigenvalue weighted by atomic mass is 10.1. The Bertz CT molecular complexity index is 314. The van der Waals surface area contributed by atoms with Crippen LogP contribution in [-0.4, -0.2) is 29.8 Å². The van der Waals surface area contributed by atoms with Crippen LogP contribution >= 0.6 is 0 Å². The topological polar surface area (TPSA) is 62.4 Å². The van der Waals surface area contributed by atoms with Crippen LogP contribution in [0, 0.1) is 0 Å². The summed E-state index contributed by atoms with van der Waals surface area (Å²) in [5.74, 6) is 0.842. The predicted molar refractivity (Wildman–Crippen MR) is 61.8 cm³/mol. The Balaban J connectivity index is 3.02. The van der Waals surface area contributed by atoms with E-state index in [4.69, 9.17) is 10.8 Å². The van der Waals surface area contributed by atoms with Gasteiger partial charge in [-0.25, -0.2) is 4.98 Å². The number of rotatable bonds is 4. The van der Waals surface area contributed by atoms with E-state index in [0.29, 0.717) is 0 Å². The van der Waals surface area contributed by atoms with Gasteiger partial charge in [0.1, 0.15) is 5.82 Å². The molecule has 1 aromatic rings. The van der Waals surface area contributed by atoms with Gasteiger partial charge in [0.05, 0.1) is 12.6 Å². The summed E-state index contributed by atoms with van der Waals surface area (Å²) in [5.41, 5.74) is 6.87. The van der Waals surface area contributed by atoms with E-state index in [1.165, 1.54) is 0 Å². The van der Waals surface area contributed by atoms with Crippen LogP contribution < -0.4 is 10.6 Å². The van der Waals surface area contributed by atoms with E-state index in [1.54, 1.807) is 6.20 Å². The van der Waals surface area contributed by atoms with Gasteiger partial charge in [-0.3, -0.25) is 0 Å². The monoisotopic (exact) mass is 209 g/mol. The summed E-state index contributed by atoms with van der Waals surface area (Å²) in [5, 5.41) is 9.10. The molecule has 2 atom stereocenters. The molecule has 1 heterocycles. The van der Waals surface area contributed by atoms with Gasteiger partial charge in [-0.05, 0) is 19.9 Å². The number of hydrogen-bond donors (Lipinski definition) is 2. The highest BCUT2D eigenvalue weighted by Gasteiger charge is 2.15. The maximum atomic E-state index is 9.10. The molecular weight excluding hydrogens is 190 g/mol. The van der Waals surface area contributed by atoms with Gasteiger partial charge < -0.3 is 15.7 Å². The summed E-state index contributed by atoms with van der Waals surface area (Å²) in [6.07, 6.45) is 1.74. The second-order valence-corrected chi connectivity index (χ2v) is 3.85. The average molecular weight is 209 g/mol. The summed E-state index contributed by atoms with van der Waals surface area (Å²) >= 11 is 0. The molecule has 0 bridgehead atoms. The van der Waals surface area contributed by atoms with Crippen LogP contribution in [0.2, 0.25) is 0 Å². The van der Waals surface area contributed by atoms with Gasteiger partial charge in [0.2, 0.25) is 0 Å². The van der Waals surface area contributed by atoms with E-state index in [-0.39, 0.29) is 18.7 Å². The summed E-state index contributed by atoms with van der Waals surface area (Å²) < 4.78 is 0. The highest BCUT2D eigenvalue weighted by molar-refractivity contribution is 5.48. The average Bonchev–Trinajstić information content (AvgIpc) is 2.27. The summed E-state index contributed by atoms with van der Waals surface area (Å²) in [4.78, 5) is 6.25. The standard InChI is InChI=1S/C11H19N3O/c1-8(7-15)14(3)11-10(9(2)12)5-4-6-13-11/h4-6,8-9,15H,7,12H2,1-3H3. The number of anilines is 1. The third kappa shape index (κ3) is 2.67. The van der Waals surface area contributed by atoms with E-state index in [2.05, 4.69) is 4.98 Å². The number of hydrogen-bond acceptors (Lipinski definition) is 4. The first kappa shape index (κ1) is 11.9. The highest BCUT2D eigenvalue weighted by Crippen LogP contribution is 2.22. The zero-order valence-corrected chi connectivity index (χ0v) is 9.51. The molecule has 0 aliphatic heterocycles. The van der Waals surface area contributed by atoms with Crippen molar-refractivity contribution in [3.8, 4) is 0 Å². The van der Waals surface area contributed by atoms with Gasteiger partial charge in [-0.1, -0.05) is 6.07 Å². The lowest BCUT2D eigenvalue weighted by Crippen LogP contribution is -2.33. The smallest absolute Gasteiger partial charge is 0.133 e. The van der Waals surface area contributed by atoms with Gasteiger partial charge in [0.15, 0.2) is 0 Å². The highest BCUT2D eigenvalue weighted by atomic mass is 16.3. The van der Waals surface area contributed by atoms with Crippen LogP contribution in [0.5, 0.6) is 0 Å². The molecule has 0 saturated heterocycles. The number of nitrogens with zero attached hydrogens (tertiary/aromatic N) is 2. The second kappa shape index (κ2) is 5.09. The van der Waals surface area contributed by atoms with E-state index in [0.717, 1.165) is 11.4 Å². The zero-order chi connectivity index (χ0) is 11.4. The first-order valence-electron chi connectivity index (χ1n) is 5.12. The van der Waals surface area contributed by atoms with Gasteiger partial charge in [-0.15, -0.1) is 0 Å². The molecule has 0 aromatic carbocycles. The minimum absolute atomic E-state index is 0.0393. The first-order valence-corrected chi connectivity index (χ1v) is 5.12. The van der Waals surface area contributed by atoms with Crippen LogP contribution in [0.25, 0.3) is 0 Å². The molecule has 0 aliphatic rings. The van der Waals surface area contributed by atoms with Crippen molar-refractivity contribution in [2.75, 3.05) is 18.6 Å². The van der Waals surface area contributed by atoms with E-state index >= 15 is 0 Å². The van der Waals surface area contributed by atoms with Crippen molar-refractivity contribution >= 4 is 5.82 Å². The zero-order valence-electron chi connectivity index (χ0n) is 9.51. The fourth-order valence-corrected chi connectivity index (χ4v) is 1.39. The third-order valence-corrected chi connectivity index (χ3v) is 2.57. The number of aliphatic hydroxyl groups excluding tert-OH is 1. The summed E-state index contributed by atoms with van der Waals surface area (Å²) in [7, 11) is 1.91. The Labute approximate surface area is 90.7 Å². The van der Waals surface area contributed by atoms with Crippen LogP contribution in [-0.2, 0) is 0 Å². The molecule has 0 radical (unpaired) electrons. The number of nitrogens with two attached hydrogens (primary N) is 1. The SMILES string of the molecule is CC(N)c1cccnc1N(C)C(C)CO. The van der Waals surface area contributed by atoms with E-state index in [9.17, 15) is 0 Å². The molecule has 84 valence electrons. The van der Waals surface area contributed by atoms with Gasteiger partial charge in [0, 0.05) is 24.8 Å². The Morgan fingerprint density at radius 2 is 2.20 bits per heavy atom. The normalized spacial score (nSPS) is 14.7. The van der Waals surface area contributed by atoms with Crippen molar-refractivity contribution in [2.24, 2.45) is 5.73 Å². The molecule has 0 amide bonds. The van der Waals surface area contributed by atoms with Crippen LogP contribution in [0.3, 0.4) is 0 Å². The number of aromatic nitrogens is 1. The van der Waals surface area contributed by atoms with E-state index in [1.807, 2.05) is 37.9 Å². The summed E-state index contributed by atoms with van der Waals surface area (Å²) in [6.45, 7) is 3.98. The van der Waals surface area contributed by atoms with Crippen molar-refractivity contribution in [3.63, 3.8) is 0 Å². The predicted octanol–water partition coefficient (Wildman–Crippen LogP) is 0.918. The Kier molecular flexibility index (Phi) is 4.05. The molecule has 4 heteroatoms. The molecule has 2 unspecified atom stereocenters. The fourth-order valence-electron chi connectivity index (χ4n) is 1.39. The Morgan fingerprint density at radius 3 is 2.73 bits per heavy atom. The Morgan fingerprint density at radius 1 is 1.53 bits per heavy atom. The molecule has 1 aromatic heterocycles. The van der Waals surface area contributed by atoms with Crippen molar-refractivity contribution in [2.45, 2.75) is 25.9 Å². The van der Waals surface area contributed by atoms with Crippen LogP contribution in [0.4, 0.5) is 5.82 Å². The van der Waals surface area contributed by atoms with E-state index < -0.39 is 0 Å². The number of pyridine rings is 1. The second-order valence-electron chi connectivity index (χ2n) is 3.85. The minimum Gasteiger partial charge on any atom is -0.394 e. The van der Waals surface area contributed by atoms with Crippen LogP contribution in [0.1, 0.15) is 25.5 Å². The first-order chi connectivity index (χ1) is 7.07. The van der Waals surface area contributed by atoms with Gasteiger partial charge >= 0.3 is 0 Å². The molecule has 0 saturated carbocycles. The summed E-state index contributed by atoms with van der Waals surface area (Å²) in [6, 6.07) is 3.83. The molecule has 15 heavy (non-hydrogen) atoms. The molecule has 3 N–H and O–H groups in total. The van der Waals surface area contributed by atoms with Gasteiger partial charge in [0.25, 0.3) is 0 Å². The van der Waals surface area contributed by atoms with Crippen molar-refractivity contribution in [1.82, 2.24) is 4.98 Å². The number of aliphatic hydroxyl groups is 1. The largest absolute Gasteiger partial charge is 0.394 e. The number of likely N-dealkylation sites (N-methyl/N-ethyl adjacent to an activating group) is 1. The van der Waals surface area contributed by atoms with Gasteiger partial charge in [-0.2, -0.15) is 0 Å². The molecule has 0 fully saturated rings. The minimum atomic E-state index is -0.0537. The Hall–Kier alpha value is -1.13. The van der Waals surface area contributed by atoms with Crippen molar-refractivity contribution in [3.05, 3.63) is 23.9 Å². The quantitative estimate of drug-likeness (QED) is 0.774. The lowest BCUT2D eigenvalue weighted by molar-refractivity contribution is 0.269. The fraction of sp³-hybridized carbons (Fsp3) is 0.545. The van der Waals surface area contributed by atoms with Crippen molar-refractivity contribution in [1.29, 1.82) is 0 Å². The lowest BCUT2D eigenvalue weighted by Gasteiger charge is -2.27. The molecular formula is C11H19N3O. The third-order valence-electron chi connectivity index (χ3n) is 2.57. The van der Waals surface area contributed by atoms with Crippen molar-refractivity contribution < 1.29 is 5.11 Å². The molecule has 1 rings (SSSR count). The molecule has 4 nitrogen and oxygen atoms in total. The molecule has 0 spiro atoms. The maximum Gasteiger partial charge on any atom is 0.133 e.